The summed E-state index contributed by atoms with van der Waals surface area (Å²) in [4.78, 5) is 24.3. The fourth-order valence-electron chi connectivity index (χ4n) is 6.25. The number of amides is 2. The van der Waals surface area contributed by atoms with Crippen LogP contribution in [0.5, 0.6) is 0 Å². The quantitative estimate of drug-likeness (QED) is 0.602. The van der Waals surface area contributed by atoms with Crippen molar-refractivity contribution in [2.75, 3.05) is 13.1 Å². The molecule has 6 heteroatoms. The summed E-state index contributed by atoms with van der Waals surface area (Å²) in [6.45, 7) is 1.21. The highest BCUT2D eigenvalue weighted by molar-refractivity contribution is 5.78. The van der Waals surface area contributed by atoms with E-state index in [-0.39, 0.29) is 35.2 Å². The summed E-state index contributed by atoms with van der Waals surface area (Å²) in [6, 6.07) is 0. The van der Waals surface area contributed by atoms with Crippen molar-refractivity contribution in [3.05, 3.63) is 0 Å². The highest BCUT2D eigenvalue weighted by Gasteiger charge is 2.41. The molecule has 2 amide bonds. The van der Waals surface area contributed by atoms with Crippen LogP contribution >= 0.6 is 0 Å². The van der Waals surface area contributed by atoms with Gasteiger partial charge in [0.15, 0.2) is 0 Å². The second-order valence-electron chi connectivity index (χ2n) is 10.5. The van der Waals surface area contributed by atoms with E-state index in [1.807, 2.05) is 0 Å². The number of ether oxygens (including phenoxy) is 2. The number of carbonyl (C=O) groups excluding carboxylic acids is 2. The maximum Gasteiger partial charge on any atom is 0.220 e. The lowest BCUT2D eigenvalue weighted by molar-refractivity contribution is -0.124. The Labute approximate surface area is 187 Å². The van der Waals surface area contributed by atoms with E-state index in [0.29, 0.717) is 32.4 Å². The second kappa shape index (κ2) is 10.7. The molecule has 4 fully saturated rings. The largest absolute Gasteiger partial charge is 0.370 e. The molecule has 31 heavy (non-hydrogen) atoms. The molecule has 0 aromatic carbocycles. The monoisotopic (exact) mass is 434 g/mol. The minimum absolute atomic E-state index is 0.0272. The molecule has 6 nitrogen and oxygen atoms in total. The first-order chi connectivity index (χ1) is 15.1. The van der Waals surface area contributed by atoms with Gasteiger partial charge in [0.25, 0.3) is 0 Å². The molecule has 0 aromatic heterocycles. The molecule has 0 radical (unpaired) electrons. The normalized spacial score (nSPS) is 29.3. The number of rotatable bonds is 8. The summed E-state index contributed by atoms with van der Waals surface area (Å²) in [7, 11) is 0. The molecular weight excluding hydrogens is 392 g/mol. The first-order valence-corrected chi connectivity index (χ1v) is 13.0. The molecule has 2 N–H and O–H groups in total. The van der Waals surface area contributed by atoms with Crippen LogP contribution in [0.25, 0.3) is 0 Å². The van der Waals surface area contributed by atoms with Gasteiger partial charge >= 0.3 is 0 Å². The number of hydrogen-bond donors (Lipinski definition) is 2. The van der Waals surface area contributed by atoms with E-state index < -0.39 is 0 Å². The summed E-state index contributed by atoms with van der Waals surface area (Å²) in [5, 5.41) is 6.03. The van der Waals surface area contributed by atoms with E-state index >= 15 is 0 Å². The third-order valence-electron chi connectivity index (χ3n) is 8.07. The third kappa shape index (κ3) is 6.44. The average Bonchev–Trinajstić information content (AvgIpc) is 3.36. The van der Waals surface area contributed by atoms with Gasteiger partial charge in [-0.25, -0.2) is 0 Å². The van der Waals surface area contributed by atoms with Crippen LogP contribution in [0.15, 0.2) is 0 Å². The molecule has 2 heterocycles. The zero-order valence-corrected chi connectivity index (χ0v) is 19.2. The van der Waals surface area contributed by atoms with Crippen molar-refractivity contribution < 1.29 is 19.1 Å². The summed E-state index contributed by atoms with van der Waals surface area (Å²) in [5.41, 5.74) is 0.205. The Morgan fingerprint density at radius 3 is 1.48 bits per heavy atom. The average molecular weight is 435 g/mol. The van der Waals surface area contributed by atoms with Crippen LogP contribution in [0.1, 0.15) is 109 Å². The second-order valence-corrected chi connectivity index (χ2v) is 10.5. The summed E-state index contributed by atoms with van der Waals surface area (Å²) < 4.78 is 12.6. The Kier molecular flexibility index (Phi) is 7.91. The van der Waals surface area contributed by atoms with Gasteiger partial charge in [0, 0.05) is 25.9 Å². The SMILES string of the molecule is O=C(CCCC(=O)NCC1CCC2(CCCCC2)O1)NCC1CCC2(CCCCC2)O1. The molecule has 0 bridgehead atoms. The third-order valence-corrected chi connectivity index (χ3v) is 8.07. The van der Waals surface area contributed by atoms with Crippen LogP contribution in [0.4, 0.5) is 0 Å². The standard InChI is InChI=1S/C25H42N2O4/c28-22(26-18-20-10-16-24(30-20)12-3-1-4-13-24)8-7-9-23(29)27-19-21-11-17-25(31-21)14-5-2-6-15-25/h20-21H,1-19H2,(H,26,28)(H,27,29). The van der Waals surface area contributed by atoms with Crippen molar-refractivity contribution >= 4 is 11.8 Å². The van der Waals surface area contributed by atoms with Crippen LogP contribution in [-0.2, 0) is 19.1 Å². The lowest BCUT2D eigenvalue weighted by Crippen LogP contribution is -2.37. The Hall–Kier alpha value is -1.14. The zero-order chi connectivity index (χ0) is 21.6. The van der Waals surface area contributed by atoms with Gasteiger partial charge in [0.1, 0.15) is 0 Å². The smallest absolute Gasteiger partial charge is 0.220 e. The van der Waals surface area contributed by atoms with Gasteiger partial charge in [0.05, 0.1) is 23.4 Å². The van der Waals surface area contributed by atoms with Crippen LogP contribution in [-0.4, -0.2) is 48.3 Å². The predicted octanol–water partition coefficient (Wildman–Crippen LogP) is 4.15. The first kappa shape index (κ1) is 23.0. The molecule has 0 aromatic rings. The molecular formula is C25H42N2O4. The first-order valence-electron chi connectivity index (χ1n) is 13.0. The van der Waals surface area contributed by atoms with E-state index in [1.54, 1.807) is 0 Å². The fourth-order valence-corrected chi connectivity index (χ4v) is 6.25. The number of hydrogen-bond acceptors (Lipinski definition) is 4. The minimum Gasteiger partial charge on any atom is -0.370 e. The van der Waals surface area contributed by atoms with Crippen LogP contribution in [0.3, 0.4) is 0 Å². The Morgan fingerprint density at radius 1 is 0.645 bits per heavy atom. The lowest BCUT2D eigenvalue weighted by atomic mass is 9.83. The van der Waals surface area contributed by atoms with Gasteiger partial charge in [-0.2, -0.15) is 0 Å². The highest BCUT2D eigenvalue weighted by atomic mass is 16.5. The zero-order valence-electron chi connectivity index (χ0n) is 19.2. The number of nitrogens with one attached hydrogen (secondary N) is 2. The summed E-state index contributed by atoms with van der Waals surface area (Å²) >= 11 is 0. The van der Waals surface area contributed by atoms with E-state index in [9.17, 15) is 9.59 Å². The van der Waals surface area contributed by atoms with Gasteiger partial charge in [0.2, 0.25) is 11.8 Å². The van der Waals surface area contributed by atoms with E-state index in [2.05, 4.69) is 10.6 Å². The molecule has 2 unspecified atom stereocenters. The van der Waals surface area contributed by atoms with E-state index in [0.717, 1.165) is 25.7 Å². The molecule has 4 rings (SSSR count). The molecule has 2 atom stereocenters. The molecule has 2 saturated heterocycles. The van der Waals surface area contributed by atoms with Crippen molar-refractivity contribution in [3.63, 3.8) is 0 Å². The van der Waals surface area contributed by atoms with Gasteiger partial charge in [-0.05, 0) is 57.8 Å². The van der Waals surface area contributed by atoms with E-state index in [4.69, 9.17) is 9.47 Å². The molecule has 176 valence electrons. The molecule has 2 aliphatic carbocycles. The van der Waals surface area contributed by atoms with Crippen LogP contribution < -0.4 is 10.6 Å². The maximum absolute atomic E-state index is 12.2. The highest BCUT2D eigenvalue weighted by Crippen LogP contribution is 2.42. The summed E-state index contributed by atoms with van der Waals surface area (Å²) in [6.07, 6.45) is 18.5. The Balaban J connectivity index is 1.04. The van der Waals surface area contributed by atoms with Gasteiger partial charge < -0.3 is 20.1 Å². The minimum atomic E-state index is 0.0272. The predicted molar refractivity (Wildman–Crippen MR) is 120 cm³/mol. The van der Waals surface area contributed by atoms with Gasteiger partial charge in [-0.1, -0.05) is 38.5 Å². The fraction of sp³-hybridized carbons (Fsp3) is 0.920. The topological polar surface area (TPSA) is 76.7 Å². The Bertz CT molecular complexity index is 559. The van der Waals surface area contributed by atoms with Crippen molar-refractivity contribution in [1.29, 1.82) is 0 Å². The summed E-state index contributed by atoms with van der Waals surface area (Å²) in [5.74, 6) is 0.0544. The van der Waals surface area contributed by atoms with Crippen molar-refractivity contribution in [2.45, 2.75) is 133 Å². The lowest BCUT2D eigenvalue weighted by Gasteiger charge is -2.33. The van der Waals surface area contributed by atoms with E-state index in [1.165, 1.54) is 64.2 Å². The maximum atomic E-state index is 12.2. The molecule has 2 aliphatic heterocycles. The van der Waals surface area contributed by atoms with Crippen LogP contribution in [0.2, 0.25) is 0 Å². The number of carbonyl (C=O) groups is 2. The van der Waals surface area contributed by atoms with Crippen molar-refractivity contribution in [2.24, 2.45) is 0 Å². The van der Waals surface area contributed by atoms with Gasteiger partial charge in [-0.15, -0.1) is 0 Å². The van der Waals surface area contributed by atoms with Crippen molar-refractivity contribution in [3.8, 4) is 0 Å². The molecule has 4 aliphatic rings. The molecule has 2 saturated carbocycles. The van der Waals surface area contributed by atoms with Crippen LogP contribution in [0, 0.1) is 0 Å². The van der Waals surface area contributed by atoms with Gasteiger partial charge in [-0.3, -0.25) is 9.59 Å². The Morgan fingerprint density at radius 2 is 1.06 bits per heavy atom. The van der Waals surface area contributed by atoms with Crippen molar-refractivity contribution in [1.82, 2.24) is 10.6 Å². The molecule has 2 spiro atoms.